The topological polar surface area (TPSA) is 75.9 Å². The van der Waals surface area contributed by atoms with Crippen LogP contribution >= 0.6 is 11.3 Å². The molecule has 0 radical (unpaired) electrons. The Kier molecular flexibility index (Phi) is 3.93. The summed E-state index contributed by atoms with van der Waals surface area (Å²) in [6.45, 7) is 4.05. The van der Waals surface area contributed by atoms with Crippen molar-refractivity contribution in [2.75, 3.05) is 23.3 Å². The first-order valence-corrected chi connectivity index (χ1v) is 10.2. The first kappa shape index (κ1) is 16.4. The number of rotatable bonds is 3. The van der Waals surface area contributed by atoms with E-state index in [4.69, 9.17) is 0 Å². The van der Waals surface area contributed by atoms with Crippen LogP contribution in [0.25, 0.3) is 5.82 Å². The summed E-state index contributed by atoms with van der Waals surface area (Å²) in [5.41, 5.74) is 3.14. The number of thiophene rings is 1. The van der Waals surface area contributed by atoms with Crippen LogP contribution < -0.4 is 10.2 Å². The Balaban J connectivity index is 1.55. The molecule has 27 heavy (non-hydrogen) atoms. The standard InChI is InChI=1S/C19H20N6OS/c1-12-18-14(13-6-9-27-11-13)10-17(26)20-19(18)25(23-12)16-5-4-15(21-22-16)24-7-2-3-8-24/h4-6,9,11,14H,2-3,7-8,10H2,1H3,(H,20,26)/t14-/m1/s1. The van der Waals surface area contributed by atoms with Gasteiger partial charge in [-0.3, -0.25) is 4.79 Å². The van der Waals surface area contributed by atoms with Crippen molar-refractivity contribution in [1.29, 1.82) is 0 Å². The molecule has 2 aliphatic rings. The lowest BCUT2D eigenvalue weighted by Crippen LogP contribution is -2.25. The predicted octanol–water partition coefficient (Wildman–Crippen LogP) is 3.11. The lowest BCUT2D eigenvalue weighted by molar-refractivity contribution is -0.116. The Bertz CT molecular complexity index is 973. The van der Waals surface area contributed by atoms with Gasteiger partial charge in [0.25, 0.3) is 0 Å². The summed E-state index contributed by atoms with van der Waals surface area (Å²) in [7, 11) is 0. The molecule has 3 aromatic rings. The van der Waals surface area contributed by atoms with E-state index in [0.29, 0.717) is 18.1 Å². The maximum absolute atomic E-state index is 12.4. The first-order valence-electron chi connectivity index (χ1n) is 9.21. The largest absolute Gasteiger partial charge is 0.355 e. The molecule has 1 N–H and O–H groups in total. The lowest BCUT2D eigenvalue weighted by atomic mass is 9.87. The van der Waals surface area contributed by atoms with Gasteiger partial charge in [-0.2, -0.15) is 21.1 Å². The Hall–Kier alpha value is -2.74. The van der Waals surface area contributed by atoms with E-state index in [1.807, 2.05) is 24.4 Å². The maximum atomic E-state index is 12.4. The van der Waals surface area contributed by atoms with Crippen LogP contribution in [0.1, 0.15) is 42.0 Å². The van der Waals surface area contributed by atoms with E-state index in [9.17, 15) is 4.79 Å². The van der Waals surface area contributed by atoms with Crippen molar-refractivity contribution in [3.63, 3.8) is 0 Å². The Morgan fingerprint density at radius 1 is 1.15 bits per heavy atom. The molecule has 5 rings (SSSR count). The van der Waals surface area contributed by atoms with Gasteiger partial charge in [-0.1, -0.05) is 0 Å². The van der Waals surface area contributed by atoms with Crippen molar-refractivity contribution in [2.45, 2.75) is 32.1 Å². The smallest absolute Gasteiger partial charge is 0.226 e. The van der Waals surface area contributed by atoms with Crippen LogP contribution in [0.15, 0.2) is 29.0 Å². The van der Waals surface area contributed by atoms with Crippen LogP contribution in [0.2, 0.25) is 0 Å². The second-order valence-corrected chi connectivity index (χ2v) is 7.84. The quantitative estimate of drug-likeness (QED) is 0.756. The fourth-order valence-electron chi connectivity index (χ4n) is 4.02. The number of anilines is 2. The number of fused-ring (bicyclic) bond motifs is 1. The lowest BCUT2D eigenvalue weighted by Gasteiger charge is -2.23. The minimum Gasteiger partial charge on any atom is -0.355 e. The molecule has 5 heterocycles. The van der Waals surface area contributed by atoms with Crippen LogP contribution in [-0.4, -0.2) is 39.0 Å². The number of aromatic nitrogens is 4. The van der Waals surface area contributed by atoms with E-state index in [1.54, 1.807) is 16.0 Å². The number of amides is 1. The zero-order valence-electron chi connectivity index (χ0n) is 15.1. The third-order valence-electron chi connectivity index (χ3n) is 5.33. The molecule has 1 atom stereocenters. The van der Waals surface area contributed by atoms with Crippen molar-refractivity contribution in [1.82, 2.24) is 20.0 Å². The summed E-state index contributed by atoms with van der Waals surface area (Å²) in [6.07, 6.45) is 2.84. The van der Waals surface area contributed by atoms with Crippen molar-refractivity contribution in [2.24, 2.45) is 0 Å². The van der Waals surface area contributed by atoms with Crippen LogP contribution in [0.5, 0.6) is 0 Å². The molecule has 138 valence electrons. The molecule has 8 heteroatoms. The number of nitrogens with zero attached hydrogens (tertiary/aromatic N) is 5. The van der Waals surface area contributed by atoms with Gasteiger partial charge in [0.15, 0.2) is 11.6 Å². The molecule has 1 amide bonds. The summed E-state index contributed by atoms with van der Waals surface area (Å²) >= 11 is 1.65. The van der Waals surface area contributed by atoms with Gasteiger partial charge in [0.2, 0.25) is 5.91 Å². The predicted molar refractivity (Wildman–Crippen MR) is 105 cm³/mol. The summed E-state index contributed by atoms with van der Waals surface area (Å²) in [5.74, 6) is 2.26. The average Bonchev–Trinajstić information content (AvgIpc) is 3.43. The molecule has 1 fully saturated rings. The van der Waals surface area contributed by atoms with Gasteiger partial charge in [-0.15, -0.1) is 10.2 Å². The second-order valence-electron chi connectivity index (χ2n) is 7.06. The number of hydrogen-bond acceptors (Lipinski definition) is 6. The normalized spacial score (nSPS) is 19.2. The van der Waals surface area contributed by atoms with Gasteiger partial charge in [-0.25, -0.2) is 0 Å². The van der Waals surface area contributed by atoms with Crippen LogP contribution in [0, 0.1) is 6.92 Å². The second kappa shape index (κ2) is 6.45. The van der Waals surface area contributed by atoms with Crippen LogP contribution in [0.3, 0.4) is 0 Å². The van der Waals surface area contributed by atoms with Gasteiger partial charge in [0.1, 0.15) is 5.82 Å². The molecule has 0 saturated carbocycles. The molecule has 0 spiro atoms. The molecule has 1 saturated heterocycles. The van der Waals surface area contributed by atoms with E-state index in [-0.39, 0.29) is 11.8 Å². The number of nitrogens with one attached hydrogen (secondary N) is 1. The minimum atomic E-state index is 0.00139. The molecule has 0 aromatic carbocycles. The van der Waals surface area contributed by atoms with E-state index in [1.165, 1.54) is 12.8 Å². The first-order chi connectivity index (χ1) is 13.2. The third kappa shape index (κ3) is 2.80. The fourth-order valence-corrected chi connectivity index (χ4v) is 4.73. The van der Waals surface area contributed by atoms with Crippen molar-refractivity contribution < 1.29 is 4.79 Å². The van der Waals surface area contributed by atoms with Crippen molar-refractivity contribution >= 4 is 28.9 Å². The molecule has 3 aromatic heterocycles. The van der Waals surface area contributed by atoms with E-state index >= 15 is 0 Å². The highest BCUT2D eigenvalue weighted by Crippen LogP contribution is 2.40. The number of carbonyl (C=O) groups excluding carboxylic acids is 1. The Labute approximate surface area is 161 Å². The van der Waals surface area contributed by atoms with E-state index < -0.39 is 0 Å². The van der Waals surface area contributed by atoms with Gasteiger partial charge in [-0.05, 0) is 54.3 Å². The molecule has 0 aliphatic carbocycles. The molecular formula is C19H20N6OS. The highest BCUT2D eigenvalue weighted by molar-refractivity contribution is 7.08. The highest BCUT2D eigenvalue weighted by Gasteiger charge is 2.33. The van der Waals surface area contributed by atoms with Crippen molar-refractivity contribution in [3.8, 4) is 5.82 Å². The Morgan fingerprint density at radius 3 is 2.63 bits per heavy atom. The van der Waals surface area contributed by atoms with Crippen LogP contribution in [0.4, 0.5) is 11.6 Å². The fraction of sp³-hybridized carbons (Fsp3) is 0.368. The van der Waals surface area contributed by atoms with E-state index in [0.717, 1.165) is 35.7 Å². The van der Waals surface area contributed by atoms with Gasteiger partial charge in [0.05, 0.1) is 5.69 Å². The van der Waals surface area contributed by atoms with Crippen molar-refractivity contribution in [3.05, 3.63) is 45.8 Å². The average molecular weight is 380 g/mol. The molecule has 0 bridgehead atoms. The molecule has 2 aliphatic heterocycles. The third-order valence-corrected chi connectivity index (χ3v) is 6.03. The van der Waals surface area contributed by atoms with Gasteiger partial charge >= 0.3 is 0 Å². The maximum Gasteiger partial charge on any atom is 0.226 e. The number of carbonyl (C=O) groups is 1. The van der Waals surface area contributed by atoms with Gasteiger partial charge < -0.3 is 10.2 Å². The monoisotopic (exact) mass is 380 g/mol. The van der Waals surface area contributed by atoms with Gasteiger partial charge in [0, 0.05) is 31.0 Å². The van der Waals surface area contributed by atoms with E-state index in [2.05, 4.69) is 37.0 Å². The summed E-state index contributed by atoms with van der Waals surface area (Å²) in [4.78, 5) is 14.6. The zero-order chi connectivity index (χ0) is 18.4. The van der Waals surface area contributed by atoms with Crippen LogP contribution in [-0.2, 0) is 4.79 Å². The summed E-state index contributed by atoms with van der Waals surface area (Å²) in [5, 5.41) is 20.6. The number of aryl methyl sites for hydroxylation is 1. The summed E-state index contributed by atoms with van der Waals surface area (Å²) < 4.78 is 1.71. The number of hydrogen-bond donors (Lipinski definition) is 1. The molecule has 0 unspecified atom stereocenters. The molecular weight excluding hydrogens is 360 g/mol. The minimum absolute atomic E-state index is 0.00139. The zero-order valence-corrected chi connectivity index (χ0v) is 15.9. The molecule has 7 nitrogen and oxygen atoms in total. The Morgan fingerprint density at radius 2 is 1.93 bits per heavy atom. The summed E-state index contributed by atoms with van der Waals surface area (Å²) in [6, 6.07) is 5.99. The highest BCUT2D eigenvalue weighted by atomic mass is 32.1. The SMILES string of the molecule is Cc1nn(-c2ccc(N3CCCC3)nn2)c2c1[C@@H](c1ccsc1)CC(=O)N2.